The van der Waals surface area contributed by atoms with E-state index in [2.05, 4.69) is 17.0 Å². The van der Waals surface area contributed by atoms with E-state index in [0.717, 1.165) is 19.4 Å². The molecule has 0 aliphatic carbocycles. The molecule has 21 heavy (non-hydrogen) atoms. The highest BCUT2D eigenvalue weighted by molar-refractivity contribution is 6.33. The zero-order valence-corrected chi connectivity index (χ0v) is 13.4. The van der Waals surface area contributed by atoms with Gasteiger partial charge in [-0.3, -0.25) is 4.79 Å². The van der Waals surface area contributed by atoms with Crippen LogP contribution in [0.3, 0.4) is 0 Å². The molecule has 0 radical (unpaired) electrons. The van der Waals surface area contributed by atoms with E-state index < -0.39 is 5.97 Å². The topological polar surface area (TPSA) is 58.6 Å². The van der Waals surface area contributed by atoms with E-state index >= 15 is 0 Å². The summed E-state index contributed by atoms with van der Waals surface area (Å²) in [6.07, 6.45) is 2.01. The van der Waals surface area contributed by atoms with Gasteiger partial charge >= 0.3 is 5.97 Å². The van der Waals surface area contributed by atoms with E-state index in [9.17, 15) is 9.59 Å². The van der Waals surface area contributed by atoms with Crippen LogP contribution in [0.2, 0.25) is 5.02 Å². The Hall–Kier alpha value is -1.75. The van der Waals surface area contributed by atoms with Gasteiger partial charge in [-0.05, 0) is 24.6 Å². The van der Waals surface area contributed by atoms with Crippen LogP contribution in [0.4, 0.5) is 5.69 Å². The van der Waals surface area contributed by atoms with Crippen LogP contribution in [0.15, 0.2) is 18.2 Å². The van der Waals surface area contributed by atoms with Crippen molar-refractivity contribution in [3.63, 3.8) is 0 Å². The molecule has 1 aromatic rings. The van der Waals surface area contributed by atoms with Crippen LogP contribution >= 0.6 is 11.6 Å². The smallest absolute Gasteiger partial charge is 0.337 e. The van der Waals surface area contributed by atoms with Crippen LogP contribution in [0.1, 0.15) is 30.1 Å². The zero-order valence-electron chi connectivity index (χ0n) is 12.6. The number of hydrogen-bond acceptors (Lipinski definition) is 4. The molecule has 0 aliphatic heterocycles. The van der Waals surface area contributed by atoms with Gasteiger partial charge in [0.15, 0.2) is 0 Å². The minimum atomic E-state index is -0.443. The summed E-state index contributed by atoms with van der Waals surface area (Å²) in [5.74, 6) is -0.468. The third-order valence-corrected chi connectivity index (χ3v) is 3.42. The Balaban J connectivity index is 2.66. The highest BCUT2D eigenvalue weighted by Crippen LogP contribution is 2.23. The zero-order chi connectivity index (χ0) is 15.8. The first kappa shape index (κ1) is 17.3. The van der Waals surface area contributed by atoms with Gasteiger partial charge in [0.25, 0.3) is 0 Å². The van der Waals surface area contributed by atoms with E-state index in [1.165, 1.54) is 7.11 Å². The highest BCUT2D eigenvalue weighted by atomic mass is 35.5. The highest BCUT2D eigenvalue weighted by Gasteiger charge is 2.11. The Morgan fingerprint density at radius 1 is 1.38 bits per heavy atom. The lowest BCUT2D eigenvalue weighted by Crippen LogP contribution is -2.33. The lowest BCUT2D eigenvalue weighted by molar-refractivity contribution is -0.128. The number of halogens is 1. The number of carbonyl (C=O) groups is 2. The first-order valence-electron chi connectivity index (χ1n) is 6.85. The second kappa shape index (κ2) is 8.52. The first-order chi connectivity index (χ1) is 9.99. The quantitative estimate of drug-likeness (QED) is 0.787. The molecule has 1 rings (SSSR count). The Labute approximate surface area is 130 Å². The molecule has 0 saturated carbocycles. The van der Waals surface area contributed by atoms with Gasteiger partial charge in [0.2, 0.25) is 5.91 Å². The van der Waals surface area contributed by atoms with Crippen LogP contribution in [0.5, 0.6) is 0 Å². The fraction of sp³-hybridized carbons (Fsp3) is 0.467. The predicted octanol–water partition coefficient (Wildman–Crippen LogP) is 2.80. The van der Waals surface area contributed by atoms with E-state index in [-0.39, 0.29) is 12.5 Å². The maximum absolute atomic E-state index is 11.9. The fourth-order valence-corrected chi connectivity index (χ4v) is 1.92. The number of unbranched alkanes of at least 4 members (excludes halogenated alkanes) is 1. The number of hydrogen-bond donors (Lipinski definition) is 1. The predicted molar refractivity (Wildman–Crippen MR) is 83.8 cm³/mol. The third-order valence-electron chi connectivity index (χ3n) is 3.09. The second-order valence-corrected chi connectivity index (χ2v) is 5.12. The van der Waals surface area contributed by atoms with E-state index in [1.807, 2.05) is 0 Å². The van der Waals surface area contributed by atoms with Crippen LogP contribution in [-0.4, -0.2) is 44.0 Å². The number of amides is 1. The molecule has 1 N–H and O–H groups in total. The number of likely N-dealkylation sites (N-methyl/N-ethyl adjacent to an activating group) is 1. The van der Waals surface area contributed by atoms with E-state index in [4.69, 9.17) is 11.6 Å². The van der Waals surface area contributed by atoms with Crippen LogP contribution < -0.4 is 5.32 Å². The summed E-state index contributed by atoms with van der Waals surface area (Å²) < 4.78 is 4.65. The van der Waals surface area contributed by atoms with Gasteiger partial charge in [0.05, 0.1) is 29.9 Å². The van der Waals surface area contributed by atoms with Crippen molar-refractivity contribution >= 4 is 29.2 Å². The molecule has 0 bridgehead atoms. The number of nitrogens with one attached hydrogen (secondary N) is 1. The largest absolute Gasteiger partial charge is 0.465 e. The molecule has 0 atom stereocenters. The number of benzene rings is 1. The summed E-state index contributed by atoms with van der Waals surface area (Å²) in [5.41, 5.74) is 0.924. The summed E-state index contributed by atoms with van der Waals surface area (Å²) in [7, 11) is 3.09. The van der Waals surface area contributed by atoms with Crippen molar-refractivity contribution in [3.05, 3.63) is 28.8 Å². The average Bonchev–Trinajstić information content (AvgIpc) is 2.50. The van der Waals surface area contributed by atoms with Gasteiger partial charge in [-0.15, -0.1) is 0 Å². The van der Waals surface area contributed by atoms with Crippen LogP contribution in [-0.2, 0) is 9.53 Å². The number of rotatable bonds is 7. The first-order valence-corrected chi connectivity index (χ1v) is 7.23. The van der Waals surface area contributed by atoms with Crippen LogP contribution in [0, 0.1) is 0 Å². The lowest BCUT2D eigenvalue weighted by atomic mass is 10.2. The minimum absolute atomic E-state index is 0.0250. The van der Waals surface area contributed by atoms with Crippen molar-refractivity contribution in [2.75, 3.05) is 32.6 Å². The van der Waals surface area contributed by atoms with Crippen molar-refractivity contribution in [2.45, 2.75) is 19.8 Å². The van der Waals surface area contributed by atoms with Crippen molar-refractivity contribution in [3.8, 4) is 0 Å². The monoisotopic (exact) mass is 312 g/mol. The number of carbonyl (C=O) groups excluding carboxylic acids is 2. The van der Waals surface area contributed by atoms with Crippen molar-refractivity contribution in [2.24, 2.45) is 0 Å². The Morgan fingerprint density at radius 2 is 2.10 bits per heavy atom. The molecular formula is C15H21ClN2O3. The number of nitrogens with zero attached hydrogens (tertiary/aromatic N) is 1. The number of ether oxygens (including phenoxy) is 1. The SMILES string of the molecule is CCCCN(C)C(=O)CNc1cc(C(=O)OC)ccc1Cl. The van der Waals surface area contributed by atoms with Gasteiger partial charge in [0.1, 0.15) is 0 Å². The van der Waals surface area contributed by atoms with Crippen molar-refractivity contribution in [1.29, 1.82) is 0 Å². The molecule has 0 aromatic heterocycles. The molecule has 5 nitrogen and oxygen atoms in total. The van der Waals surface area contributed by atoms with E-state index in [1.54, 1.807) is 30.1 Å². The second-order valence-electron chi connectivity index (χ2n) is 4.71. The number of anilines is 1. The molecular weight excluding hydrogens is 292 g/mol. The summed E-state index contributed by atoms with van der Waals surface area (Å²) in [4.78, 5) is 25.1. The lowest BCUT2D eigenvalue weighted by Gasteiger charge is -2.18. The number of methoxy groups -OCH3 is 1. The Kier molecular flexibility index (Phi) is 7.02. The average molecular weight is 313 g/mol. The van der Waals surface area contributed by atoms with Crippen molar-refractivity contribution in [1.82, 2.24) is 4.90 Å². The molecule has 0 saturated heterocycles. The summed E-state index contributed by atoms with van der Waals surface area (Å²) in [6, 6.07) is 4.75. The standard InChI is InChI=1S/C15H21ClN2O3/c1-4-5-8-18(2)14(19)10-17-13-9-11(15(20)21-3)6-7-12(13)16/h6-7,9,17H,4-5,8,10H2,1-3H3. The third kappa shape index (κ3) is 5.27. The van der Waals surface area contributed by atoms with Gasteiger partial charge in [-0.25, -0.2) is 4.79 Å². The molecule has 1 amide bonds. The Morgan fingerprint density at radius 3 is 2.71 bits per heavy atom. The van der Waals surface area contributed by atoms with Gasteiger partial charge < -0.3 is 15.0 Å². The summed E-state index contributed by atoms with van der Waals surface area (Å²) in [6.45, 7) is 2.94. The Bertz CT molecular complexity index is 506. The van der Waals surface area contributed by atoms with Crippen LogP contribution in [0.25, 0.3) is 0 Å². The molecule has 6 heteroatoms. The van der Waals surface area contributed by atoms with Gasteiger partial charge in [-0.1, -0.05) is 24.9 Å². The normalized spacial score (nSPS) is 10.1. The molecule has 116 valence electrons. The summed E-state index contributed by atoms with van der Waals surface area (Å²) >= 11 is 6.05. The van der Waals surface area contributed by atoms with Gasteiger partial charge in [0, 0.05) is 13.6 Å². The molecule has 1 aromatic carbocycles. The van der Waals surface area contributed by atoms with Gasteiger partial charge in [-0.2, -0.15) is 0 Å². The van der Waals surface area contributed by atoms with Crippen molar-refractivity contribution < 1.29 is 14.3 Å². The fourth-order valence-electron chi connectivity index (χ4n) is 1.73. The maximum Gasteiger partial charge on any atom is 0.337 e. The maximum atomic E-state index is 11.9. The molecule has 0 fully saturated rings. The summed E-state index contributed by atoms with van der Waals surface area (Å²) in [5, 5.41) is 3.41. The molecule has 0 unspecified atom stereocenters. The minimum Gasteiger partial charge on any atom is -0.465 e. The molecule has 0 aliphatic rings. The number of esters is 1. The molecule has 0 heterocycles. The van der Waals surface area contributed by atoms with E-state index in [0.29, 0.717) is 16.3 Å². The molecule has 0 spiro atoms.